The van der Waals surface area contributed by atoms with Gasteiger partial charge in [-0.05, 0) is 49.2 Å². The minimum atomic E-state index is -0.876. The number of piperidine rings is 1. The lowest BCUT2D eigenvalue weighted by Gasteiger charge is -2.29. The van der Waals surface area contributed by atoms with E-state index in [0.29, 0.717) is 37.6 Å². The first kappa shape index (κ1) is 18.7. The molecule has 8 heteroatoms. The molecule has 29 heavy (non-hydrogen) atoms. The van der Waals surface area contributed by atoms with Crippen molar-refractivity contribution in [3.8, 4) is 11.6 Å². The fourth-order valence-corrected chi connectivity index (χ4v) is 3.34. The van der Waals surface area contributed by atoms with E-state index in [1.165, 1.54) is 4.90 Å². The second-order valence-electron chi connectivity index (χ2n) is 6.76. The Labute approximate surface area is 168 Å². The molecule has 1 aliphatic heterocycles. The van der Waals surface area contributed by atoms with Crippen LogP contribution in [0.25, 0.3) is 0 Å². The molecule has 4 rings (SSSR count). The summed E-state index contributed by atoms with van der Waals surface area (Å²) in [5.41, 5.74) is 1.67. The lowest BCUT2D eigenvalue weighted by molar-refractivity contribution is 0.131. The second-order valence-corrected chi connectivity index (χ2v) is 6.76. The van der Waals surface area contributed by atoms with Gasteiger partial charge < -0.3 is 20.1 Å². The molecular weight excluding hydrogens is 370 g/mol. The van der Waals surface area contributed by atoms with E-state index in [1.54, 1.807) is 18.6 Å². The summed E-state index contributed by atoms with van der Waals surface area (Å²) in [6, 6.07) is 13.2. The molecule has 0 atom stereocenters. The van der Waals surface area contributed by atoms with Crippen LogP contribution in [0.2, 0.25) is 0 Å². The summed E-state index contributed by atoms with van der Waals surface area (Å²) in [5, 5.41) is 12.3. The number of nitrogens with one attached hydrogen (secondary N) is 1. The molecule has 0 radical (unpaired) electrons. The van der Waals surface area contributed by atoms with Crippen LogP contribution < -0.4 is 10.1 Å². The lowest BCUT2D eigenvalue weighted by atomic mass is 9.93. The molecule has 1 saturated heterocycles. The van der Waals surface area contributed by atoms with E-state index >= 15 is 0 Å². The van der Waals surface area contributed by atoms with Gasteiger partial charge in [-0.3, -0.25) is 4.98 Å². The van der Waals surface area contributed by atoms with E-state index in [9.17, 15) is 4.79 Å². The maximum atomic E-state index is 11.1. The van der Waals surface area contributed by atoms with Crippen molar-refractivity contribution in [2.75, 3.05) is 18.4 Å². The minimum Gasteiger partial charge on any atom is -0.465 e. The summed E-state index contributed by atoms with van der Waals surface area (Å²) < 4.78 is 6.00. The summed E-state index contributed by atoms with van der Waals surface area (Å²) in [6.07, 6.45) is 5.51. The molecule has 3 aromatic rings. The van der Waals surface area contributed by atoms with Crippen molar-refractivity contribution in [3.63, 3.8) is 0 Å². The number of pyridine rings is 1. The highest BCUT2D eigenvalue weighted by Gasteiger charge is 2.27. The normalized spacial score (nSPS) is 14.4. The number of carbonyl (C=O) groups is 1. The SMILES string of the molecule is O=C(O)N1CCC(c2nccnc2Oc2ccc(Nc3ccccn3)cc2)CC1. The number of nitrogens with zero attached hydrogens (tertiary/aromatic N) is 4. The zero-order valence-electron chi connectivity index (χ0n) is 15.7. The summed E-state index contributed by atoms with van der Waals surface area (Å²) in [5.74, 6) is 2.01. The number of hydrogen-bond donors (Lipinski definition) is 2. The van der Waals surface area contributed by atoms with E-state index < -0.39 is 6.09 Å². The van der Waals surface area contributed by atoms with Crippen molar-refractivity contribution in [3.05, 3.63) is 66.7 Å². The number of anilines is 2. The molecule has 1 aliphatic rings. The van der Waals surface area contributed by atoms with Crippen molar-refractivity contribution >= 4 is 17.6 Å². The third-order valence-electron chi connectivity index (χ3n) is 4.85. The van der Waals surface area contributed by atoms with Crippen LogP contribution in [-0.4, -0.2) is 44.1 Å². The molecule has 148 valence electrons. The van der Waals surface area contributed by atoms with Gasteiger partial charge in [-0.15, -0.1) is 0 Å². The molecular formula is C21H21N5O3. The zero-order chi connectivity index (χ0) is 20.1. The summed E-state index contributed by atoms with van der Waals surface area (Å²) >= 11 is 0. The largest absolute Gasteiger partial charge is 0.465 e. The molecule has 3 heterocycles. The van der Waals surface area contributed by atoms with E-state index in [1.807, 2.05) is 42.5 Å². The van der Waals surface area contributed by atoms with Crippen LogP contribution in [-0.2, 0) is 0 Å². The van der Waals surface area contributed by atoms with Crippen LogP contribution in [0.1, 0.15) is 24.5 Å². The Bertz CT molecular complexity index is 958. The first-order chi connectivity index (χ1) is 14.2. The Morgan fingerprint density at radius 1 is 1.00 bits per heavy atom. The van der Waals surface area contributed by atoms with Crippen molar-refractivity contribution in [1.82, 2.24) is 19.9 Å². The molecule has 0 spiro atoms. The average Bonchev–Trinajstić information content (AvgIpc) is 2.76. The summed E-state index contributed by atoms with van der Waals surface area (Å²) in [6.45, 7) is 0.980. The number of rotatable bonds is 5. The smallest absolute Gasteiger partial charge is 0.407 e. The molecule has 0 unspecified atom stereocenters. The van der Waals surface area contributed by atoms with Gasteiger partial charge >= 0.3 is 6.09 Å². The predicted molar refractivity (Wildman–Crippen MR) is 108 cm³/mol. The first-order valence-corrected chi connectivity index (χ1v) is 9.44. The molecule has 1 amide bonds. The molecule has 1 aromatic carbocycles. The standard InChI is InChI=1S/C21H21N5O3/c27-21(28)26-13-8-15(9-14-26)19-20(24-12-11-23-19)29-17-6-4-16(5-7-17)25-18-3-1-2-10-22-18/h1-7,10-12,15H,8-9,13-14H2,(H,22,25)(H,27,28). The molecule has 2 aromatic heterocycles. The molecule has 0 aliphatic carbocycles. The number of carboxylic acid groups (broad SMARTS) is 1. The Balaban J connectivity index is 1.44. The van der Waals surface area contributed by atoms with Gasteiger partial charge in [0.15, 0.2) is 0 Å². The number of ether oxygens (including phenoxy) is 1. The molecule has 8 nitrogen and oxygen atoms in total. The number of amides is 1. The van der Waals surface area contributed by atoms with Gasteiger partial charge in [0.05, 0.1) is 0 Å². The highest BCUT2D eigenvalue weighted by Crippen LogP contribution is 2.33. The first-order valence-electron chi connectivity index (χ1n) is 9.44. The Kier molecular flexibility index (Phi) is 5.51. The van der Waals surface area contributed by atoms with E-state index in [2.05, 4.69) is 20.3 Å². The highest BCUT2D eigenvalue weighted by molar-refractivity contribution is 5.65. The minimum absolute atomic E-state index is 0.124. The van der Waals surface area contributed by atoms with E-state index in [4.69, 9.17) is 9.84 Å². The van der Waals surface area contributed by atoms with Crippen LogP contribution in [0.4, 0.5) is 16.3 Å². The fourth-order valence-electron chi connectivity index (χ4n) is 3.34. The van der Waals surface area contributed by atoms with Gasteiger partial charge in [0.25, 0.3) is 0 Å². The van der Waals surface area contributed by atoms with E-state index in [-0.39, 0.29) is 5.92 Å². The maximum Gasteiger partial charge on any atom is 0.407 e. The van der Waals surface area contributed by atoms with Gasteiger partial charge in [0, 0.05) is 43.3 Å². The third kappa shape index (κ3) is 4.60. The molecule has 0 saturated carbocycles. The van der Waals surface area contributed by atoms with Gasteiger partial charge in [0.1, 0.15) is 17.3 Å². The zero-order valence-corrected chi connectivity index (χ0v) is 15.7. The van der Waals surface area contributed by atoms with Gasteiger partial charge in [-0.2, -0.15) is 0 Å². The van der Waals surface area contributed by atoms with Gasteiger partial charge in [0.2, 0.25) is 5.88 Å². The van der Waals surface area contributed by atoms with Crippen molar-refractivity contribution in [2.24, 2.45) is 0 Å². The molecule has 1 fully saturated rings. The van der Waals surface area contributed by atoms with Crippen molar-refractivity contribution in [2.45, 2.75) is 18.8 Å². The second kappa shape index (κ2) is 8.55. The summed E-state index contributed by atoms with van der Waals surface area (Å²) in [7, 11) is 0. The number of likely N-dealkylation sites (tertiary alicyclic amines) is 1. The van der Waals surface area contributed by atoms with Crippen molar-refractivity contribution < 1.29 is 14.6 Å². The van der Waals surface area contributed by atoms with Crippen LogP contribution in [0, 0.1) is 0 Å². The molecule has 0 bridgehead atoms. The van der Waals surface area contributed by atoms with Gasteiger partial charge in [-0.25, -0.2) is 14.8 Å². The summed E-state index contributed by atoms with van der Waals surface area (Å²) in [4.78, 5) is 25.6. The maximum absolute atomic E-state index is 11.1. The van der Waals surface area contributed by atoms with Crippen LogP contribution in [0.5, 0.6) is 11.6 Å². The third-order valence-corrected chi connectivity index (χ3v) is 4.85. The Hall–Kier alpha value is -3.68. The topological polar surface area (TPSA) is 100 Å². The van der Waals surface area contributed by atoms with Crippen molar-refractivity contribution in [1.29, 1.82) is 0 Å². The highest BCUT2D eigenvalue weighted by atomic mass is 16.5. The van der Waals surface area contributed by atoms with Gasteiger partial charge in [-0.1, -0.05) is 6.07 Å². The van der Waals surface area contributed by atoms with Crippen LogP contribution in [0.15, 0.2) is 61.1 Å². The van der Waals surface area contributed by atoms with Crippen LogP contribution in [0.3, 0.4) is 0 Å². The fraction of sp³-hybridized carbons (Fsp3) is 0.238. The monoisotopic (exact) mass is 391 g/mol. The van der Waals surface area contributed by atoms with E-state index in [0.717, 1.165) is 17.2 Å². The lowest BCUT2D eigenvalue weighted by Crippen LogP contribution is -2.37. The number of benzene rings is 1. The molecule has 2 N–H and O–H groups in total. The average molecular weight is 391 g/mol. The van der Waals surface area contributed by atoms with Crippen LogP contribution >= 0.6 is 0 Å². The quantitative estimate of drug-likeness (QED) is 0.670. The Morgan fingerprint density at radius 3 is 2.45 bits per heavy atom. The Morgan fingerprint density at radius 2 is 1.76 bits per heavy atom. The predicted octanol–water partition coefficient (Wildman–Crippen LogP) is 4.26. The number of hydrogen-bond acceptors (Lipinski definition) is 6. The number of aromatic nitrogens is 3.